The number of nitrogens with zero attached hydrogens (tertiary/aromatic N) is 2. The van der Waals surface area contributed by atoms with E-state index in [0.29, 0.717) is 11.0 Å². The molecule has 2 rings (SSSR count). The van der Waals surface area contributed by atoms with Crippen LogP contribution in [0.1, 0.15) is 18.9 Å². The highest BCUT2D eigenvalue weighted by molar-refractivity contribution is 7.98. The normalized spacial score (nSPS) is 10.3. The van der Waals surface area contributed by atoms with Crippen molar-refractivity contribution >= 4 is 17.6 Å². The van der Waals surface area contributed by atoms with Crippen molar-refractivity contribution in [3.63, 3.8) is 0 Å². The molecule has 0 spiro atoms. The third-order valence-corrected chi connectivity index (χ3v) is 3.28. The van der Waals surface area contributed by atoms with Crippen molar-refractivity contribution in [2.75, 3.05) is 18.1 Å². The second-order valence-corrected chi connectivity index (χ2v) is 5.15. The Hall–Kier alpha value is -1.75. The van der Waals surface area contributed by atoms with Gasteiger partial charge in [-0.3, -0.25) is 0 Å². The van der Waals surface area contributed by atoms with Crippen LogP contribution in [0.3, 0.4) is 0 Å². The second kappa shape index (κ2) is 7.14. The van der Waals surface area contributed by atoms with E-state index < -0.39 is 0 Å². The SMILES string of the molecule is CCCNc1cc(Oc2ccccc2C)nc(SC)n1. The molecule has 0 saturated carbocycles. The van der Waals surface area contributed by atoms with E-state index in [1.807, 2.05) is 43.5 Å². The Morgan fingerprint density at radius 2 is 2.05 bits per heavy atom. The Kier molecular flexibility index (Phi) is 5.24. The molecule has 0 aliphatic carbocycles. The topological polar surface area (TPSA) is 47.0 Å². The first-order valence-electron chi connectivity index (χ1n) is 6.63. The largest absolute Gasteiger partial charge is 0.439 e. The summed E-state index contributed by atoms with van der Waals surface area (Å²) in [5.41, 5.74) is 1.08. The second-order valence-electron chi connectivity index (χ2n) is 4.37. The van der Waals surface area contributed by atoms with Crippen LogP contribution < -0.4 is 10.1 Å². The van der Waals surface area contributed by atoms with Crippen LogP contribution in [0.4, 0.5) is 5.82 Å². The molecule has 0 atom stereocenters. The number of anilines is 1. The molecule has 5 heteroatoms. The maximum Gasteiger partial charge on any atom is 0.225 e. The summed E-state index contributed by atoms with van der Waals surface area (Å²) in [6.45, 7) is 5.02. The molecule has 0 bridgehead atoms. The third-order valence-electron chi connectivity index (χ3n) is 2.73. The molecule has 2 aromatic rings. The van der Waals surface area contributed by atoms with Gasteiger partial charge >= 0.3 is 0 Å². The summed E-state index contributed by atoms with van der Waals surface area (Å²) in [5, 5.41) is 3.97. The van der Waals surface area contributed by atoms with Gasteiger partial charge in [-0.05, 0) is 31.2 Å². The molecule has 20 heavy (non-hydrogen) atoms. The predicted octanol–water partition coefficient (Wildman–Crippen LogP) is 4.12. The first-order valence-corrected chi connectivity index (χ1v) is 7.86. The maximum absolute atomic E-state index is 5.87. The summed E-state index contributed by atoms with van der Waals surface area (Å²) in [4.78, 5) is 8.80. The Morgan fingerprint density at radius 3 is 2.75 bits per heavy atom. The predicted molar refractivity (Wildman–Crippen MR) is 83.8 cm³/mol. The van der Waals surface area contributed by atoms with Crippen LogP contribution >= 0.6 is 11.8 Å². The van der Waals surface area contributed by atoms with Crippen molar-refractivity contribution < 1.29 is 4.74 Å². The molecule has 4 nitrogen and oxygen atoms in total. The molecular weight excluding hydrogens is 270 g/mol. The molecule has 0 saturated heterocycles. The van der Waals surface area contributed by atoms with E-state index in [1.54, 1.807) is 0 Å². The lowest BCUT2D eigenvalue weighted by molar-refractivity contribution is 0.453. The third kappa shape index (κ3) is 3.87. The zero-order valence-electron chi connectivity index (χ0n) is 12.0. The summed E-state index contributed by atoms with van der Waals surface area (Å²) in [7, 11) is 0. The molecule has 0 aliphatic rings. The van der Waals surface area contributed by atoms with Crippen LogP contribution in [-0.4, -0.2) is 22.8 Å². The molecule has 0 aliphatic heterocycles. The monoisotopic (exact) mass is 289 g/mol. The minimum atomic E-state index is 0.567. The molecule has 1 aromatic carbocycles. The lowest BCUT2D eigenvalue weighted by atomic mass is 10.2. The molecule has 1 aromatic heterocycles. The number of rotatable bonds is 6. The highest BCUT2D eigenvalue weighted by Gasteiger charge is 2.07. The highest BCUT2D eigenvalue weighted by atomic mass is 32.2. The molecule has 0 radical (unpaired) electrons. The summed E-state index contributed by atoms with van der Waals surface area (Å²) in [6, 6.07) is 9.73. The van der Waals surface area contributed by atoms with E-state index in [0.717, 1.165) is 30.1 Å². The number of aryl methyl sites for hydroxylation is 1. The van der Waals surface area contributed by atoms with E-state index in [9.17, 15) is 0 Å². The van der Waals surface area contributed by atoms with Gasteiger partial charge in [0.25, 0.3) is 0 Å². The van der Waals surface area contributed by atoms with Gasteiger partial charge in [0.15, 0.2) is 5.16 Å². The number of benzene rings is 1. The number of thioether (sulfide) groups is 1. The van der Waals surface area contributed by atoms with Crippen molar-refractivity contribution in [3.8, 4) is 11.6 Å². The highest BCUT2D eigenvalue weighted by Crippen LogP contribution is 2.26. The number of hydrogen-bond acceptors (Lipinski definition) is 5. The number of hydrogen-bond donors (Lipinski definition) is 1. The van der Waals surface area contributed by atoms with Gasteiger partial charge in [0, 0.05) is 12.6 Å². The molecule has 0 amide bonds. The summed E-state index contributed by atoms with van der Waals surface area (Å²) < 4.78 is 5.87. The Morgan fingerprint density at radius 1 is 1.25 bits per heavy atom. The van der Waals surface area contributed by atoms with E-state index in [1.165, 1.54) is 11.8 Å². The van der Waals surface area contributed by atoms with E-state index in [-0.39, 0.29) is 0 Å². The van der Waals surface area contributed by atoms with Gasteiger partial charge in [0.1, 0.15) is 11.6 Å². The fourth-order valence-electron chi connectivity index (χ4n) is 1.67. The quantitative estimate of drug-likeness (QED) is 0.640. The van der Waals surface area contributed by atoms with Gasteiger partial charge in [-0.1, -0.05) is 36.9 Å². The molecule has 0 fully saturated rings. The van der Waals surface area contributed by atoms with Gasteiger partial charge in [0.2, 0.25) is 5.88 Å². The fraction of sp³-hybridized carbons (Fsp3) is 0.333. The smallest absolute Gasteiger partial charge is 0.225 e. The minimum Gasteiger partial charge on any atom is -0.439 e. The molecular formula is C15H19N3OS. The number of nitrogens with one attached hydrogen (secondary N) is 1. The van der Waals surface area contributed by atoms with Crippen LogP contribution in [0.15, 0.2) is 35.5 Å². The van der Waals surface area contributed by atoms with E-state index >= 15 is 0 Å². The molecule has 106 valence electrons. The number of para-hydroxylation sites is 1. The Bertz CT molecular complexity index is 575. The zero-order chi connectivity index (χ0) is 14.4. The Balaban J connectivity index is 2.24. The van der Waals surface area contributed by atoms with Gasteiger partial charge < -0.3 is 10.1 Å². The van der Waals surface area contributed by atoms with Crippen LogP contribution in [-0.2, 0) is 0 Å². The lowest BCUT2D eigenvalue weighted by Crippen LogP contribution is -2.04. The summed E-state index contributed by atoms with van der Waals surface area (Å²) in [5.74, 6) is 2.19. The van der Waals surface area contributed by atoms with E-state index in [2.05, 4.69) is 22.2 Å². The van der Waals surface area contributed by atoms with E-state index in [4.69, 9.17) is 4.74 Å². The van der Waals surface area contributed by atoms with Crippen LogP contribution in [0.5, 0.6) is 11.6 Å². The van der Waals surface area contributed by atoms with Crippen molar-refractivity contribution in [1.29, 1.82) is 0 Å². The first-order chi connectivity index (χ1) is 9.72. The first kappa shape index (κ1) is 14.7. The van der Waals surface area contributed by atoms with Crippen molar-refractivity contribution in [3.05, 3.63) is 35.9 Å². The fourth-order valence-corrected chi connectivity index (χ4v) is 2.05. The number of ether oxygens (including phenoxy) is 1. The number of aromatic nitrogens is 2. The van der Waals surface area contributed by atoms with Crippen molar-refractivity contribution in [1.82, 2.24) is 9.97 Å². The lowest BCUT2D eigenvalue weighted by Gasteiger charge is -2.10. The van der Waals surface area contributed by atoms with Crippen LogP contribution in [0.25, 0.3) is 0 Å². The summed E-state index contributed by atoms with van der Waals surface area (Å²) in [6.07, 6.45) is 3.00. The average molecular weight is 289 g/mol. The minimum absolute atomic E-state index is 0.567. The van der Waals surface area contributed by atoms with Gasteiger partial charge in [-0.15, -0.1) is 0 Å². The standard InChI is InChI=1S/C15H19N3OS/c1-4-9-16-13-10-14(18-15(17-13)20-3)19-12-8-6-5-7-11(12)2/h5-8,10H,4,9H2,1-3H3,(H,16,17,18). The average Bonchev–Trinajstić information content (AvgIpc) is 2.47. The van der Waals surface area contributed by atoms with Crippen molar-refractivity contribution in [2.45, 2.75) is 25.4 Å². The summed E-state index contributed by atoms with van der Waals surface area (Å²) >= 11 is 1.50. The molecule has 1 N–H and O–H groups in total. The molecule has 0 unspecified atom stereocenters. The van der Waals surface area contributed by atoms with Crippen LogP contribution in [0.2, 0.25) is 0 Å². The van der Waals surface area contributed by atoms with Gasteiger partial charge in [-0.2, -0.15) is 4.98 Å². The van der Waals surface area contributed by atoms with Gasteiger partial charge in [0.05, 0.1) is 0 Å². The molecule has 1 heterocycles. The van der Waals surface area contributed by atoms with Crippen LogP contribution in [0, 0.1) is 6.92 Å². The van der Waals surface area contributed by atoms with Gasteiger partial charge in [-0.25, -0.2) is 4.98 Å². The zero-order valence-corrected chi connectivity index (χ0v) is 12.8. The Labute approximate surface area is 124 Å². The maximum atomic E-state index is 5.87. The van der Waals surface area contributed by atoms with Crippen molar-refractivity contribution in [2.24, 2.45) is 0 Å².